The highest BCUT2D eigenvalue weighted by Crippen LogP contribution is 2.22. The predicted molar refractivity (Wildman–Crippen MR) is 125 cm³/mol. The van der Waals surface area contributed by atoms with Gasteiger partial charge in [0.05, 0.1) is 10.4 Å². The summed E-state index contributed by atoms with van der Waals surface area (Å²) in [6.07, 6.45) is 1.24. The van der Waals surface area contributed by atoms with Crippen LogP contribution in [0.2, 0.25) is 5.02 Å². The van der Waals surface area contributed by atoms with Crippen LogP contribution in [0.5, 0.6) is 0 Å². The average Bonchev–Trinajstić information content (AvgIpc) is 2.77. The van der Waals surface area contributed by atoms with Crippen LogP contribution in [-0.4, -0.2) is 18.9 Å². The van der Waals surface area contributed by atoms with Crippen LogP contribution in [0.15, 0.2) is 93.6 Å². The highest BCUT2D eigenvalue weighted by atomic mass is 35.5. The molecule has 8 heteroatoms. The van der Waals surface area contributed by atoms with E-state index in [0.717, 1.165) is 5.56 Å². The van der Waals surface area contributed by atoms with Crippen molar-refractivity contribution in [1.82, 2.24) is 4.57 Å². The summed E-state index contributed by atoms with van der Waals surface area (Å²) < 4.78 is 28.0. The molecular formula is C24H19ClN2O4S. The number of fused-ring (bicyclic) bond motifs is 1. The molecule has 0 aliphatic rings. The monoisotopic (exact) mass is 466 g/mol. The standard InChI is InChI=1S/C24H19ClN2O4S/c1-16-6-12-19(13-7-16)32(30,31)22-14-27(21-5-3-2-4-20(21)24(22)29)15-23(28)26-18-10-8-17(25)9-11-18/h2-14H,15H2,1H3,(H,26,28). The second-order valence-corrected chi connectivity index (χ2v) is 9.69. The zero-order chi connectivity index (χ0) is 22.9. The van der Waals surface area contributed by atoms with Gasteiger partial charge in [0.1, 0.15) is 11.4 Å². The lowest BCUT2D eigenvalue weighted by molar-refractivity contribution is -0.116. The van der Waals surface area contributed by atoms with E-state index in [0.29, 0.717) is 16.2 Å². The molecule has 32 heavy (non-hydrogen) atoms. The van der Waals surface area contributed by atoms with Gasteiger partial charge in [0.2, 0.25) is 21.2 Å². The van der Waals surface area contributed by atoms with Crippen molar-refractivity contribution in [3.8, 4) is 0 Å². The Kier molecular flexibility index (Phi) is 5.86. The number of amides is 1. The zero-order valence-electron chi connectivity index (χ0n) is 17.1. The van der Waals surface area contributed by atoms with Crippen molar-refractivity contribution in [1.29, 1.82) is 0 Å². The molecule has 6 nitrogen and oxygen atoms in total. The number of sulfone groups is 1. The van der Waals surface area contributed by atoms with Crippen molar-refractivity contribution in [2.45, 2.75) is 23.3 Å². The maximum atomic E-state index is 13.2. The molecule has 0 atom stereocenters. The van der Waals surface area contributed by atoms with E-state index in [1.54, 1.807) is 60.7 Å². The van der Waals surface area contributed by atoms with Gasteiger partial charge in [-0.25, -0.2) is 8.42 Å². The van der Waals surface area contributed by atoms with Gasteiger partial charge >= 0.3 is 0 Å². The average molecular weight is 467 g/mol. The topological polar surface area (TPSA) is 85.2 Å². The Bertz CT molecular complexity index is 1480. The van der Waals surface area contributed by atoms with E-state index in [9.17, 15) is 18.0 Å². The van der Waals surface area contributed by atoms with E-state index in [-0.39, 0.29) is 27.6 Å². The number of hydrogen-bond acceptors (Lipinski definition) is 4. The molecule has 0 saturated carbocycles. The van der Waals surface area contributed by atoms with E-state index in [1.807, 2.05) is 6.92 Å². The normalized spacial score (nSPS) is 11.4. The molecule has 4 aromatic rings. The Morgan fingerprint density at radius 3 is 2.31 bits per heavy atom. The predicted octanol–water partition coefficient (Wildman–Crippen LogP) is 4.43. The molecule has 0 aliphatic heterocycles. The Morgan fingerprint density at radius 2 is 1.62 bits per heavy atom. The van der Waals surface area contributed by atoms with Crippen LogP contribution < -0.4 is 10.7 Å². The number of hydrogen-bond donors (Lipinski definition) is 1. The number of halogens is 1. The van der Waals surface area contributed by atoms with Crippen molar-refractivity contribution < 1.29 is 13.2 Å². The van der Waals surface area contributed by atoms with Crippen molar-refractivity contribution in [2.24, 2.45) is 0 Å². The van der Waals surface area contributed by atoms with E-state index in [1.165, 1.54) is 22.9 Å². The third-order valence-corrected chi connectivity index (χ3v) is 7.03. The smallest absolute Gasteiger partial charge is 0.244 e. The number of carbonyl (C=O) groups excluding carboxylic acids is 1. The summed E-state index contributed by atoms with van der Waals surface area (Å²) in [6, 6.07) is 19.5. The molecule has 0 radical (unpaired) electrons. The van der Waals surface area contributed by atoms with Gasteiger partial charge in [0.15, 0.2) is 0 Å². The minimum absolute atomic E-state index is 0.0210. The first-order valence-corrected chi connectivity index (χ1v) is 11.6. The van der Waals surface area contributed by atoms with Gasteiger partial charge in [0, 0.05) is 22.3 Å². The number of nitrogens with zero attached hydrogens (tertiary/aromatic N) is 1. The lowest BCUT2D eigenvalue weighted by Crippen LogP contribution is -2.23. The number of aryl methyl sites for hydroxylation is 1. The molecule has 1 aromatic heterocycles. The second kappa shape index (κ2) is 8.61. The minimum Gasteiger partial charge on any atom is -0.336 e. The number of pyridine rings is 1. The van der Waals surface area contributed by atoms with Gasteiger partial charge in [-0.1, -0.05) is 41.4 Å². The fourth-order valence-electron chi connectivity index (χ4n) is 3.37. The highest BCUT2D eigenvalue weighted by molar-refractivity contribution is 7.91. The van der Waals surface area contributed by atoms with Crippen LogP contribution in [-0.2, 0) is 21.2 Å². The minimum atomic E-state index is -4.08. The summed E-state index contributed by atoms with van der Waals surface area (Å²) in [5, 5.41) is 3.51. The first-order valence-electron chi connectivity index (χ1n) is 9.75. The number of rotatable bonds is 5. The molecule has 0 bridgehead atoms. The maximum absolute atomic E-state index is 13.2. The van der Waals surface area contributed by atoms with Crippen molar-refractivity contribution in [2.75, 3.05) is 5.32 Å². The van der Waals surface area contributed by atoms with Gasteiger partial charge in [-0.2, -0.15) is 0 Å². The Hall–Kier alpha value is -3.42. The third kappa shape index (κ3) is 4.30. The fraction of sp³-hybridized carbons (Fsp3) is 0.0833. The molecule has 0 aliphatic carbocycles. The lowest BCUT2D eigenvalue weighted by Gasteiger charge is -2.14. The van der Waals surface area contributed by atoms with Crippen molar-refractivity contribution in [3.63, 3.8) is 0 Å². The van der Waals surface area contributed by atoms with Gasteiger partial charge in [0.25, 0.3) is 0 Å². The van der Waals surface area contributed by atoms with E-state index in [4.69, 9.17) is 11.6 Å². The van der Waals surface area contributed by atoms with Crippen LogP contribution >= 0.6 is 11.6 Å². The number of para-hydroxylation sites is 1. The van der Waals surface area contributed by atoms with Gasteiger partial charge in [-0.05, 0) is 55.5 Å². The van der Waals surface area contributed by atoms with Crippen molar-refractivity contribution >= 4 is 43.9 Å². The first kappa shape index (κ1) is 21.8. The quantitative estimate of drug-likeness (QED) is 0.471. The molecule has 162 valence electrons. The summed E-state index contributed by atoms with van der Waals surface area (Å²) in [5.74, 6) is -0.375. The molecular weight excluding hydrogens is 448 g/mol. The third-order valence-electron chi connectivity index (χ3n) is 5.02. The van der Waals surface area contributed by atoms with Crippen LogP contribution in [0, 0.1) is 6.92 Å². The number of benzene rings is 3. The Morgan fingerprint density at radius 1 is 0.969 bits per heavy atom. The summed E-state index contributed by atoms with van der Waals surface area (Å²) in [6.45, 7) is 1.67. The second-order valence-electron chi connectivity index (χ2n) is 7.34. The summed E-state index contributed by atoms with van der Waals surface area (Å²) in [5.41, 5.74) is 1.32. The van der Waals surface area contributed by atoms with Crippen LogP contribution in [0.25, 0.3) is 10.9 Å². The highest BCUT2D eigenvalue weighted by Gasteiger charge is 2.24. The fourth-order valence-corrected chi connectivity index (χ4v) is 4.87. The molecule has 3 aromatic carbocycles. The van der Waals surface area contributed by atoms with Crippen LogP contribution in [0.4, 0.5) is 5.69 Å². The molecule has 1 amide bonds. The van der Waals surface area contributed by atoms with Gasteiger partial charge in [-0.15, -0.1) is 0 Å². The summed E-state index contributed by atoms with van der Waals surface area (Å²) >= 11 is 5.87. The Balaban J connectivity index is 1.78. The summed E-state index contributed by atoms with van der Waals surface area (Å²) in [4.78, 5) is 25.4. The SMILES string of the molecule is Cc1ccc(S(=O)(=O)c2cn(CC(=O)Nc3ccc(Cl)cc3)c3ccccc3c2=O)cc1. The lowest BCUT2D eigenvalue weighted by atomic mass is 10.2. The molecule has 1 N–H and O–H groups in total. The van der Waals surface area contributed by atoms with Crippen LogP contribution in [0.1, 0.15) is 5.56 Å². The maximum Gasteiger partial charge on any atom is 0.244 e. The number of aromatic nitrogens is 1. The molecule has 1 heterocycles. The molecule has 4 rings (SSSR count). The Labute approximate surface area is 190 Å². The zero-order valence-corrected chi connectivity index (χ0v) is 18.7. The first-order chi connectivity index (χ1) is 15.3. The number of anilines is 1. The largest absolute Gasteiger partial charge is 0.336 e. The number of nitrogens with one attached hydrogen (secondary N) is 1. The molecule has 0 saturated heterocycles. The van der Waals surface area contributed by atoms with Crippen LogP contribution in [0.3, 0.4) is 0 Å². The number of carbonyl (C=O) groups is 1. The molecule has 0 unspecified atom stereocenters. The summed E-state index contributed by atoms with van der Waals surface area (Å²) in [7, 11) is -4.08. The molecule has 0 fully saturated rings. The van der Waals surface area contributed by atoms with E-state index >= 15 is 0 Å². The van der Waals surface area contributed by atoms with E-state index < -0.39 is 15.3 Å². The molecule has 0 spiro atoms. The van der Waals surface area contributed by atoms with Gasteiger partial charge in [-0.3, -0.25) is 9.59 Å². The van der Waals surface area contributed by atoms with E-state index in [2.05, 4.69) is 5.32 Å². The van der Waals surface area contributed by atoms with Gasteiger partial charge < -0.3 is 9.88 Å². The van der Waals surface area contributed by atoms with Crippen molar-refractivity contribution in [3.05, 3.63) is 99.8 Å².